The molecule has 1 aromatic rings. The highest BCUT2D eigenvalue weighted by molar-refractivity contribution is 6.12. The van der Waals surface area contributed by atoms with Gasteiger partial charge in [0.05, 0.1) is 11.3 Å². The molecule has 1 aliphatic heterocycles. The standard InChI is InChI=1S/C17H22N2O2/c1-12(2)11-19-14-8-4-3-7-13(14)15(20)18-17(16(19)21)9-5-6-10-17/h3-4,7-8,12H,5-6,9-11H2,1-2H3,(H,18,20). The van der Waals surface area contributed by atoms with Crippen molar-refractivity contribution in [1.29, 1.82) is 0 Å². The molecule has 1 fully saturated rings. The van der Waals surface area contributed by atoms with Crippen LogP contribution in [0.5, 0.6) is 0 Å². The maximum Gasteiger partial charge on any atom is 0.254 e. The van der Waals surface area contributed by atoms with Gasteiger partial charge in [-0.1, -0.05) is 38.8 Å². The van der Waals surface area contributed by atoms with Gasteiger partial charge in [0.2, 0.25) is 0 Å². The normalized spacial score (nSPS) is 20.6. The minimum atomic E-state index is -0.689. The molecule has 0 radical (unpaired) electrons. The first kappa shape index (κ1) is 14.1. The highest BCUT2D eigenvalue weighted by atomic mass is 16.2. The molecule has 1 N–H and O–H groups in total. The number of hydrogen-bond acceptors (Lipinski definition) is 2. The summed E-state index contributed by atoms with van der Waals surface area (Å²) in [4.78, 5) is 27.5. The van der Waals surface area contributed by atoms with E-state index in [-0.39, 0.29) is 11.8 Å². The summed E-state index contributed by atoms with van der Waals surface area (Å²) in [7, 11) is 0. The molecule has 112 valence electrons. The Bertz CT molecular complexity index is 574. The van der Waals surface area contributed by atoms with E-state index < -0.39 is 5.54 Å². The number of para-hydroxylation sites is 1. The van der Waals surface area contributed by atoms with Crippen molar-refractivity contribution in [1.82, 2.24) is 5.32 Å². The van der Waals surface area contributed by atoms with E-state index in [4.69, 9.17) is 0 Å². The molecule has 4 heteroatoms. The van der Waals surface area contributed by atoms with E-state index in [0.29, 0.717) is 18.0 Å². The third-order valence-electron chi connectivity index (χ3n) is 4.45. The molecule has 2 aliphatic rings. The van der Waals surface area contributed by atoms with Gasteiger partial charge in [0.1, 0.15) is 5.54 Å². The summed E-state index contributed by atoms with van der Waals surface area (Å²) in [6.07, 6.45) is 3.50. The fourth-order valence-corrected chi connectivity index (χ4v) is 3.47. The van der Waals surface area contributed by atoms with Crippen LogP contribution >= 0.6 is 0 Å². The second-order valence-corrected chi connectivity index (χ2v) is 6.57. The highest BCUT2D eigenvalue weighted by Gasteiger charge is 2.47. The van der Waals surface area contributed by atoms with Gasteiger partial charge in [0.25, 0.3) is 11.8 Å². The van der Waals surface area contributed by atoms with Gasteiger partial charge in [-0.15, -0.1) is 0 Å². The number of carbonyl (C=O) groups is 2. The maximum absolute atomic E-state index is 13.1. The van der Waals surface area contributed by atoms with Gasteiger partial charge in [-0.2, -0.15) is 0 Å². The number of fused-ring (bicyclic) bond motifs is 1. The second-order valence-electron chi connectivity index (χ2n) is 6.57. The number of anilines is 1. The molecule has 0 unspecified atom stereocenters. The lowest BCUT2D eigenvalue weighted by atomic mass is 9.95. The lowest BCUT2D eigenvalue weighted by molar-refractivity contribution is -0.124. The Kier molecular flexibility index (Phi) is 3.47. The summed E-state index contributed by atoms with van der Waals surface area (Å²) in [5.74, 6) is 0.299. The highest BCUT2D eigenvalue weighted by Crippen LogP contribution is 2.37. The fraction of sp³-hybridized carbons (Fsp3) is 0.529. The smallest absolute Gasteiger partial charge is 0.254 e. The Hall–Kier alpha value is -1.84. The SMILES string of the molecule is CC(C)CN1C(=O)C2(CCCC2)NC(=O)c2ccccc21. The molecule has 21 heavy (non-hydrogen) atoms. The zero-order chi connectivity index (χ0) is 15.0. The van der Waals surface area contributed by atoms with Gasteiger partial charge in [-0.3, -0.25) is 9.59 Å². The number of rotatable bonds is 2. The van der Waals surface area contributed by atoms with Crippen LogP contribution in [0.3, 0.4) is 0 Å². The maximum atomic E-state index is 13.1. The summed E-state index contributed by atoms with van der Waals surface area (Å²) in [6.45, 7) is 4.83. The van der Waals surface area contributed by atoms with Crippen molar-refractivity contribution in [3.63, 3.8) is 0 Å². The molecular formula is C17H22N2O2. The molecule has 0 aromatic heterocycles. The van der Waals surface area contributed by atoms with Crippen molar-refractivity contribution < 1.29 is 9.59 Å². The van der Waals surface area contributed by atoms with Gasteiger partial charge < -0.3 is 10.2 Å². The summed E-state index contributed by atoms with van der Waals surface area (Å²) in [6, 6.07) is 7.42. The molecule has 3 rings (SSSR count). The van der Waals surface area contributed by atoms with Gasteiger partial charge in [-0.05, 0) is 30.9 Å². The quantitative estimate of drug-likeness (QED) is 0.908. The lowest BCUT2D eigenvalue weighted by Crippen LogP contribution is -2.56. The third-order valence-corrected chi connectivity index (χ3v) is 4.45. The van der Waals surface area contributed by atoms with E-state index in [1.54, 1.807) is 6.07 Å². The first-order valence-corrected chi connectivity index (χ1v) is 7.77. The van der Waals surface area contributed by atoms with Gasteiger partial charge in [0.15, 0.2) is 0 Å². The molecule has 0 saturated heterocycles. The largest absolute Gasteiger partial charge is 0.338 e. The number of nitrogens with zero attached hydrogens (tertiary/aromatic N) is 1. The van der Waals surface area contributed by atoms with E-state index in [2.05, 4.69) is 19.2 Å². The zero-order valence-electron chi connectivity index (χ0n) is 12.7. The van der Waals surface area contributed by atoms with E-state index >= 15 is 0 Å². The van der Waals surface area contributed by atoms with Crippen molar-refractivity contribution in [3.05, 3.63) is 29.8 Å². The first-order valence-electron chi connectivity index (χ1n) is 7.77. The van der Waals surface area contributed by atoms with Crippen LogP contribution in [0.4, 0.5) is 5.69 Å². The van der Waals surface area contributed by atoms with Crippen LogP contribution in [0.1, 0.15) is 49.9 Å². The Balaban J connectivity index is 2.10. The number of carbonyl (C=O) groups excluding carboxylic acids is 2. The second kappa shape index (κ2) is 5.17. The van der Waals surface area contributed by atoms with Gasteiger partial charge in [0, 0.05) is 6.54 Å². The Morgan fingerprint density at radius 1 is 1.19 bits per heavy atom. The van der Waals surface area contributed by atoms with Gasteiger partial charge in [-0.25, -0.2) is 0 Å². The van der Waals surface area contributed by atoms with E-state index in [9.17, 15) is 9.59 Å². The monoisotopic (exact) mass is 286 g/mol. The zero-order valence-corrected chi connectivity index (χ0v) is 12.7. The number of nitrogens with one attached hydrogen (secondary N) is 1. The molecule has 1 saturated carbocycles. The molecule has 1 aliphatic carbocycles. The van der Waals surface area contributed by atoms with Crippen LogP contribution in [0.2, 0.25) is 0 Å². The van der Waals surface area contributed by atoms with Crippen molar-refractivity contribution in [2.45, 2.75) is 45.1 Å². The predicted molar refractivity (Wildman–Crippen MR) is 82.3 cm³/mol. The molecule has 0 atom stereocenters. The van der Waals surface area contributed by atoms with E-state index in [1.807, 2.05) is 23.1 Å². The minimum Gasteiger partial charge on any atom is -0.338 e. The van der Waals surface area contributed by atoms with Crippen LogP contribution in [-0.2, 0) is 4.79 Å². The summed E-state index contributed by atoms with van der Waals surface area (Å²) in [5.41, 5.74) is 0.665. The molecular weight excluding hydrogens is 264 g/mol. The summed E-state index contributed by atoms with van der Waals surface area (Å²) in [5, 5.41) is 3.03. The molecule has 2 amide bonds. The fourth-order valence-electron chi connectivity index (χ4n) is 3.47. The summed E-state index contributed by atoms with van der Waals surface area (Å²) >= 11 is 0. The van der Waals surface area contributed by atoms with Crippen LogP contribution in [0, 0.1) is 5.92 Å². The minimum absolute atomic E-state index is 0.0620. The third kappa shape index (κ3) is 2.33. The molecule has 0 bridgehead atoms. The molecule has 4 nitrogen and oxygen atoms in total. The molecule has 1 aromatic carbocycles. The van der Waals surface area contributed by atoms with Crippen LogP contribution < -0.4 is 10.2 Å². The lowest BCUT2D eigenvalue weighted by Gasteiger charge is -2.33. The van der Waals surface area contributed by atoms with E-state index in [0.717, 1.165) is 31.4 Å². The van der Waals surface area contributed by atoms with E-state index in [1.165, 1.54) is 0 Å². The van der Waals surface area contributed by atoms with Crippen molar-refractivity contribution in [2.24, 2.45) is 5.92 Å². The average Bonchev–Trinajstić information content (AvgIpc) is 2.90. The van der Waals surface area contributed by atoms with Crippen LogP contribution in [0.15, 0.2) is 24.3 Å². The Morgan fingerprint density at radius 2 is 1.86 bits per heavy atom. The predicted octanol–water partition coefficient (Wildman–Crippen LogP) is 2.73. The number of amides is 2. The Morgan fingerprint density at radius 3 is 2.52 bits per heavy atom. The first-order chi connectivity index (χ1) is 10.0. The number of benzene rings is 1. The van der Waals surface area contributed by atoms with Crippen LogP contribution in [-0.4, -0.2) is 23.9 Å². The van der Waals surface area contributed by atoms with Crippen molar-refractivity contribution in [3.8, 4) is 0 Å². The Labute approximate surface area is 125 Å². The molecule has 1 spiro atoms. The average molecular weight is 286 g/mol. The summed E-state index contributed by atoms with van der Waals surface area (Å²) < 4.78 is 0. The van der Waals surface area contributed by atoms with Crippen LogP contribution in [0.25, 0.3) is 0 Å². The van der Waals surface area contributed by atoms with Crippen molar-refractivity contribution >= 4 is 17.5 Å². The molecule has 1 heterocycles. The number of hydrogen-bond donors (Lipinski definition) is 1. The van der Waals surface area contributed by atoms with Gasteiger partial charge >= 0.3 is 0 Å². The van der Waals surface area contributed by atoms with Crippen molar-refractivity contribution in [2.75, 3.05) is 11.4 Å². The topological polar surface area (TPSA) is 49.4 Å².